The van der Waals surface area contributed by atoms with E-state index in [1.165, 1.54) is 0 Å². The third-order valence-corrected chi connectivity index (χ3v) is 4.34. The zero-order chi connectivity index (χ0) is 20.6. The van der Waals surface area contributed by atoms with Crippen molar-refractivity contribution in [1.82, 2.24) is 10.5 Å². The molecule has 1 N–H and O–H groups in total. The van der Waals surface area contributed by atoms with Crippen LogP contribution >= 0.6 is 0 Å². The van der Waals surface area contributed by atoms with Gasteiger partial charge in [-0.05, 0) is 55.3 Å². The van der Waals surface area contributed by atoms with E-state index in [9.17, 15) is 4.79 Å². The second kappa shape index (κ2) is 9.64. The predicted molar refractivity (Wildman–Crippen MR) is 109 cm³/mol. The quantitative estimate of drug-likeness (QED) is 0.593. The average molecular weight is 396 g/mol. The van der Waals surface area contributed by atoms with Crippen molar-refractivity contribution in [3.05, 3.63) is 59.8 Å². The highest BCUT2D eigenvalue weighted by atomic mass is 16.5. The van der Waals surface area contributed by atoms with Crippen LogP contribution < -0.4 is 19.5 Å². The maximum Gasteiger partial charge on any atom is 0.273 e. The van der Waals surface area contributed by atoms with Gasteiger partial charge in [-0.2, -0.15) is 0 Å². The summed E-state index contributed by atoms with van der Waals surface area (Å²) in [7, 11) is 3.19. The summed E-state index contributed by atoms with van der Waals surface area (Å²) < 4.78 is 21.3. The van der Waals surface area contributed by atoms with Gasteiger partial charge in [-0.1, -0.05) is 11.2 Å². The summed E-state index contributed by atoms with van der Waals surface area (Å²) in [4.78, 5) is 12.3. The molecule has 0 radical (unpaired) electrons. The second-order valence-corrected chi connectivity index (χ2v) is 6.23. The number of hydrogen-bond acceptors (Lipinski definition) is 6. The highest BCUT2D eigenvalue weighted by Crippen LogP contribution is 2.27. The first-order chi connectivity index (χ1) is 14.1. The van der Waals surface area contributed by atoms with Crippen LogP contribution in [0.2, 0.25) is 0 Å². The first-order valence-corrected chi connectivity index (χ1v) is 9.33. The number of carbonyl (C=O) groups is 1. The topological polar surface area (TPSA) is 82.8 Å². The summed E-state index contributed by atoms with van der Waals surface area (Å²) >= 11 is 0. The zero-order valence-electron chi connectivity index (χ0n) is 16.7. The van der Waals surface area contributed by atoms with Crippen molar-refractivity contribution in [1.29, 1.82) is 0 Å². The lowest BCUT2D eigenvalue weighted by Crippen LogP contribution is -2.25. The van der Waals surface area contributed by atoms with Crippen molar-refractivity contribution in [2.24, 2.45) is 0 Å². The van der Waals surface area contributed by atoms with Crippen LogP contribution in [0.15, 0.2) is 53.1 Å². The van der Waals surface area contributed by atoms with Gasteiger partial charge in [0.2, 0.25) is 0 Å². The summed E-state index contributed by atoms with van der Waals surface area (Å²) in [6, 6.07) is 14.7. The van der Waals surface area contributed by atoms with E-state index in [-0.39, 0.29) is 11.6 Å². The van der Waals surface area contributed by atoms with E-state index >= 15 is 0 Å². The molecular formula is C22H24N2O5. The molecular weight excluding hydrogens is 372 g/mol. The van der Waals surface area contributed by atoms with Gasteiger partial charge < -0.3 is 24.1 Å². The molecule has 0 saturated carbocycles. The Bertz CT molecular complexity index is 950. The zero-order valence-corrected chi connectivity index (χ0v) is 16.7. The normalized spacial score (nSPS) is 10.4. The fourth-order valence-electron chi connectivity index (χ4n) is 2.85. The van der Waals surface area contributed by atoms with E-state index in [4.69, 9.17) is 18.7 Å². The number of carbonyl (C=O) groups excluding carboxylic acids is 1. The van der Waals surface area contributed by atoms with Crippen LogP contribution in [0.25, 0.3) is 11.3 Å². The lowest BCUT2D eigenvalue weighted by Gasteiger charge is -2.09. The molecule has 3 rings (SSSR count). The molecule has 0 atom stereocenters. The van der Waals surface area contributed by atoms with E-state index in [2.05, 4.69) is 10.5 Å². The van der Waals surface area contributed by atoms with Crippen LogP contribution in [0.4, 0.5) is 0 Å². The molecule has 0 fully saturated rings. The number of hydrogen-bond donors (Lipinski definition) is 1. The summed E-state index contributed by atoms with van der Waals surface area (Å²) in [6.45, 7) is 3.00. The van der Waals surface area contributed by atoms with Crippen LogP contribution in [0, 0.1) is 0 Å². The van der Waals surface area contributed by atoms with Gasteiger partial charge in [-0.3, -0.25) is 4.79 Å². The van der Waals surface area contributed by atoms with Gasteiger partial charge in [0.1, 0.15) is 5.75 Å². The Balaban J connectivity index is 1.56. The number of nitrogens with zero attached hydrogens (tertiary/aromatic N) is 1. The molecule has 0 aliphatic carbocycles. The molecule has 0 saturated heterocycles. The molecule has 1 aromatic heterocycles. The van der Waals surface area contributed by atoms with Gasteiger partial charge in [-0.15, -0.1) is 0 Å². The predicted octanol–water partition coefficient (Wildman–Crippen LogP) is 3.73. The molecule has 152 valence electrons. The number of ether oxygens (including phenoxy) is 3. The molecule has 7 nitrogen and oxygen atoms in total. The number of aromatic nitrogens is 1. The smallest absolute Gasteiger partial charge is 0.273 e. The van der Waals surface area contributed by atoms with E-state index in [0.29, 0.717) is 36.8 Å². The summed E-state index contributed by atoms with van der Waals surface area (Å²) in [6.07, 6.45) is 0.649. The Morgan fingerprint density at radius 2 is 1.79 bits per heavy atom. The Morgan fingerprint density at radius 3 is 2.48 bits per heavy atom. The van der Waals surface area contributed by atoms with Crippen LogP contribution in [-0.4, -0.2) is 38.4 Å². The molecule has 1 amide bonds. The number of nitrogens with one attached hydrogen (secondary N) is 1. The van der Waals surface area contributed by atoms with Gasteiger partial charge in [0.05, 0.1) is 20.8 Å². The minimum absolute atomic E-state index is 0.237. The van der Waals surface area contributed by atoms with Gasteiger partial charge in [0, 0.05) is 18.2 Å². The third-order valence-electron chi connectivity index (χ3n) is 4.34. The van der Waals surface area contributed by atoms with Gasteiger partial charge in [0.25, 0.3) is 5.91 Å². The molecule has 0 aliphatic rings. The van der Waals surface area contributed by atoms with Crippen LogP contribution in [-0.2, 0) is 6.42 Å². The largest absolute Gasteiger partial charge is 0.494 e. The fraction of sp³-hybridized carbons (Fsp3) is 0.273. The lowest BCUT2D eigenvalue weighted by molar-refractivity contribution is 0.0945. The minimum atomic E-state index is -0.286. The van der Waals surface area contributed by atoms with E-state index < -0.39 is 0 Å². The molecule has 1 heterocycles. The van der Waals surface area contributed by atoms with Crippen molar-refractivity contribution >= 4 is 5.91 Å². The maximum atomic E-state index is 12.3. The molecule has 0 unspecified atom stereocenters. The number of benzene rings is 2. The summed E-state index contributed by atoms with van der Waals surface area (Å²) in [5.74, 6) is 2.35. The van der Waals surface area contributed by atoms with Gasteiger partial charge in [0.15, 0.2) is 23.0 Å². The Labute approximate surface area is 169 Å². The number of rotatable bonds is 9. The van der Waals surface area contributed by atoms with E-state index in [1.807, 2.05) is 49.4 Å². The molecule has 29 heavy (non-hydrogen) atoms. The van der Waals surface area contributed by atoms with Crippen LogP contribution in [0.1, 0.15) is 23.0 Å². The first-order valence-electron chi connectivity index (χ1n) is 9.33. The van der Waals surface area contributed by atoms with Crippen LogP contribution in [0.5, 0.6) is 17.2 Å². The molecule has 0 aliphatic heterocycles. The average Bonchev–Trinajstić information content (AvgIpc) is 3.24. The van der Waals surface area contributed by atoms with Crippen LogP contribution in [0.3, 0.4) is 0 Å². The monoisotopic (exact) mass is 396 g/mol. The highest BCUT2D eigenvalue weighted by molar-refractivity contribution is 5.93. The number of amides is 1. The summed E-state index contributed by atoms with van der Waals surface area (Å²) in [5, 5.41) is 6.72. The Hall–Kier alpha value is -3.48. The SMILES string of the molecule is CCOc1ccc(-c2cc(C(=O)NCCc3ccc(OC)c(OC)c3)no2)cc1. The highest BCUT2D eigenvalue weighted by Gasteiger charge is 2.14. The molecule has 0 spiro atoms. The molecule has 3 aromatic rings. The lowest BCUT2D eigenvalue weighted by atomic mass is 10.1. The van der Waals surface area contributed by atoms with Gasteiger partial charge >= 0.3 is 0 Å². The first kappa shape index (κ1) is 20.3. The molecule has 0 bridgehead atoms. The van der Waals surface area contributed by atoms with E-state index in [0.717, 1.165) is 16.9 Å². The molecule has 2 aromatic carbocycles. The van der Waals surface area contributed by atoms with E-state index in [1.54, 1.807) is 20.3 Å². The molecule has 7 heteroatoms. The second-order valence-electron chi connectivity index (χ2n) is 6.23. The van der Waals surface area contributed by atoms with Crippen molar-refractivity contribution in [3.8, 4) is 28.6 Å². The minimum Gasteiger partial charge on any atom is -0.494 e. The maximum absolute atomic E-state index is 12.3. The standard InChI is InChI=1S/C22H24N2O5/c1-4-28-17-8-6-16(7-9-17)20-14-18(24-29-20)22(25)23-12-11-15-5-10-19(26-2)21(13-15)27-3/h5-10,13-14H,4,11-12H2,1-3H3,(H,23,25). The third kappa shape index (κ3) is 5.07. The van der Waals surface area contributed by atoms with Crippen molar-refractivity contribution in [2.45, 2.75) is 13.3 Å². The van der Waals surface area contributed by atoms with Crippen molar-refractivity contribution < 1.29 is 23.5 Å². The van der Waals surface area contributed by atoms with Gasteiger partial charge in [-0.25, -0.2) is 0 Å². The summed E-state index contributed by atoms with van der Waals surface area (Å²) in [5.41, 5.74) is 2.09. The Kier molecular flexibility index (Phi) is 6.73. The fourth-order valence-corrected chi connectivity index (χ4v) is 2.85. The van der Waals surface area contributed by atoms with Crippen molar-refractivity contribution in [3.63, 3.8) is 0 Å². The van der Waals surface area contributed by atoms with Crippen molar-refractivity contribution in [2.75, 3.05) is 27.4 Å². The number of methoxy groups -OCH3 is 2. The Morgan fingerprint density at radius 1 is 1.03 bits per heavy atom.